The number of ether oxygens (including phenoxy) is 3. The standard InChI is InChI=1S/C59H102O5/c1-4-7-10-13-16-19-22-24-26-28-30-31-33-35-38-40-43-46-49-52-58(60)63-56-57(64-59(61)53-50-47-44-41-37-21-18-15-12-9-6-3)55-62-54-51-48-45-42-39-36-34-32-29-27-25-23-20-17-14-11-8-5-2/h7,10,15-16,18-19,24,26,30-31,35,38,43,46,57H,4-6,8-9,11-14,17,20-23,25,27-29,32-34,36-37,39-42,44-45,47-56H2,1-3H3/b10-7-,18-15-,19-16-,26-24-,31-30-,38-35-,46-43-. The first-order valence-electron chi connectivity index (χ1n) is 27.1. The third kappa shape index (κ3) is 51.7. The van der Waals surface area contributed by atoms with E-state index in [2.05, 4.69) is 99.8 Å². The van der Waals surface area contributed by atoms with Crippen LogP contribution in [-0.2, 0) is 23.8 Å². The molecule has 0 saturated heterocycles. The zero-order valence-corrected chi connectivity index (χ0v) is 42.3. The van der Waals surface area contributed by atoms with E-state index in [1.165, 1.54) is 135 Å². The van der Waals surface area contributed by atoms with Crippen LogP contribution in [0, 0.1) is 0 Å². The monoisotopic (exact) mass is 891 g/mol. The molecule has 0 aliphatic heterocycles. The molecule has 0 fully saturated rings. The lowest BCUT2D eigenvalue weighted by Gasteiger charge is -2.18. The highest BCUT2D eigenvalue weighted by atomic mass is 16.6. The van der Waals surface area contributed by atoms with Gasteiger partial charge in [-0.2, -0.15) is 0 Å². The maximum atomic E-state index is 12.8. The van der Waals surface area contributed by atoms with Crippen LogP contribution in [0.2, 0.25) is 0 Å². The lowest BCUT2D eigenvalue weighted by Crippen LogP contribution is -2.30. The summed E-state index contributed by atoms with van der Waals surface area (Å²) in [4.78, 5) is 25.4. The maximum absolute atomic E-state index is 12.8. The molecule has 0 aliphatic rings. The normalized spacial score (nSPS) is 12.9. The predicted octanol–water partition coefficient (Wildman–Crippen LogP) is 18.5. The highest BCUT2D eigenvalue weighted by Gasteiger charge is 2.17. The van der Waals surface area contributed by atoms with Gasteiger partial charge >= 0.3 is 11.9 Å². The van der Waals surface area contributed by atoms with Crippen LogP contribution >= 0.6 is 0 Å². The Labute approximate surface area is 397 Å². The minimum Gasteiger partial charge on any atom is -0.462 e. The van der Waals surface area contributed by atoms with Crippen molar-refractivity contribution in [2.45, 2.75) is 258 Å². The Morgan fingerprint density at radius 1 is 0.359 bits per heavy atom. The Kier molecular flexibility index (Phi) is 51.9. The summed E-state index contributed by atoms with van der Waals surface area (Å²) < 4.78 is 17.3. The van der Waals surface area contributed by atoms with Crippen LogP contribution in [0.25, 0.3) is 0 Å². The molecule has 0 aromatic carbocycles. The van der Waals surface area contributed by atoms with Crippen molar-refractivity contribution in [2.24, 2.45) is 0 Å². The van der Waals surface area contributed by atoms with Gasteiger partial charge in [0.15, 0.2) is 6.10 Å². The Morgan fingerprint density at radius 3 is 1.23 bits per heavy atom. The van der Waals surface area contributed by atoms with Crippen LogP contribution in [0.5, 0.6) is 0 Å². The SMILES string of the molecule is CC/C=C\C/C=C\C/C=C\C/C=C\C/C=C\C/C=C\CCC(=O)OCC(COCCCCCCCCCCCCCCCCCCCC)OC(=O)CCCCCCC/C=C\CCCC. The van der Waals surface area contributed by atoms with Gasteiger partial charge in [-0.1, -0.05) is 247 Å². The van der Waals surface area contributed by atoms with Crippen molar-refractivity contribution in [3.63, 3.8) is 0 Å². The third-order valence-corrected chi connectivity index (χ3v) is 11.4. The smallest absolute Gasteiger partial charge is 0.306 e. The fourth-order valence-electron chi connectivity index (χ4n) is 7.40. The molecule has 0 aromatic rings. The summed E-state index contributed by atoms with van der Waals surface area (Å²) in [5.74, 6) is -0.501. The molecule has 5 nitrogen and oxygen atoms in total. The molecule has 368 valence electrons. The number of hydrogen-bond donors (Lipinski definition) is 0. The van der Waals surface area contributed by atoms with Gasteiger partial charge in [0, 0.05) is 19.4 Å². The Morgan fingerprint density at radius 2 is 0.750 bits per heavy atom. The highest BCUT2D eigenvalue weighted by molar-refractivity contribution is 5.70. The predicted molar refractivity (Wildman–Crippen MR) is 279 cm³/mol. The summed E-state index contributed by atoms with van der Waals surface area (Å²) in [6, 6.07) is 0. The summed E-state index contributed by atoms with van der Waals surface area (Å²) in [5, 5.41) is 0. The van der Waals surface area contributed by atoms with Crippen molar-refractivity contribution in [2.75, 3.05) is 19.8 Å². The van der Waals surface area contributed by atoms with Crippen molar-refractivity contribution >= 4 is 11.9 Å². The lowest BCUT2D eigenvalue weighted by molar-refractivity contribution is -0.162. The van der Waals surface area contributed by atoms with Crippen molar-refractivity contribution in [1.82, 2.24) is 0 Å². The molecular weight excluding hydrogens is 789 g/mol. The van der Waals surface area contributed by atoms with Gasteiger partial charge in [0.05, 0.1) is 6.61 Å². The van der Waals surface area contributed by atoms with Gasteiger partial charge in [0.1, 0.15) is 6.61 Å². The second-order valence-electron chi connectivity index (χ2n) is 17.8. The first kappa shape index (κ1) is 61.1. The molecule has 0 saturated carbocycles. The van der Waals surface area contributed by atoms with Crippen LogP contribution in [0.3, 0.4) is 0 Å². The minimum atomic E-state index is -0.572. The number of carbonyl (C=O) groups excluding carboxylic acids is 2. The van der Waals surface area contributed by atoms with Crippen LogP contribution in [0.4, 0.5) is 0 Å². The second-order valence-corrected chi connectivity index (χ2v) is 17.8. The van der Waals surface area contributed by atoms with E-state index in [-0.39, 0.29) is 25.2 Å². The van der Waals surface area contributed by atoms with Crippen molar-refractivity contribution in [3.8, 4) is 0 Å². The molecule has 64 heavy (non-hydrogen) atoms. The molecule has 0 aromatic heterocycles. The summed E-state index contributed by atoms with van der Waals surface area (Å²) >= 11 is 0. The largest absolute Gasteiger partial charge is 0.462 e. The third-order valence-electron chi connectivity index (χ3n) is 11.4. The van der Waals surface area contributed by atoms with E-state index in [0.29, 0.717) is 25.9 Å². The quantitative estimate of drug-likeness (QED) is 0.0346. The molecule has 0 bridgehead atoms. The zero-order chi connectivity index (χ0) is 46.3. The van der Waals surface area contributed by atoms with E-state index in [1.54, 1.807) is 0 Å². The Bertz CT molecular complexity index is 1190. The molecule has 0 rings (SSSR count). The summed E-state index contributed by atoms with van der Waals surface area (Å²) in [6.45, 7) is 7.61. The van der Waals surface area contributed by atoms with Crippen molar-refractivity contribution in [3.05, 3.63) is 85.1 Å². The van der Waals surface area contributed by atoms with Gasteiger partial charge in [-0.3, -0.25) is 9.59 Å². The van der Waals surface area contributed by atoms with Gasteiger partial charge < -0.3 is 14.2 Å². The number of unbranched alkanes of at least 4 members (excludes halogenated alkanes) is 24. The van der Waals surface area contributed by atoms with E-state index in [9.17, 15) is 9.59 Å². The summed E-state index contributed by atoms with van der Waals surface area (Å²) in [7, 11) is 0. The van der Waals surface area contributed by atoms with Crippen LogP contribution in [0.1, 0.15) is 252 Å². The van der Waals surface area contributed by atoms with Gasteiger partial charge in [0.25, 0.3) is 0 Å². The molecule has 0 N–H and O–H groups in total. The average molecular weight is 891 g/mol. The second kappa shape index (κ2) is 54.4. The van der Waals surface area contributed by atoms with E-state index in [1.807, 2.05) is 6.08 Å². The molecule has 0 spiro atoms. The molecule has 0 aliphatic carbocycles. The molecule has 0 radical (unpaired) electrons. The van der Waals surface area contributed by atoms with Crippen LogP contribution < -0.4 is 0 Å². The van der Waals surface area contributed by atoms with Gasteiger partial charge in [-0.15, -0.1) is 0 Å². The zero-order valence-electron chi connectivity index (χ0n) is 42.3. The van der Waals surface area contributed by atoms with E-state index < -0.39 is 6.10 Å². The van der Waals surface area contributed by atoms with Crippen molar-refractivity contribution < 1.29 is 23.8 Å². The highest BCUT2D eigenvalue weighted by Crippen LogP contribution is 2.15. The molecule has 0 amide bonds. The number of carbonyl (C=O) groups is 2. The lowest BCUT2D eigenvalue weighted by atomic mass is 10.0. The molecule has 1 atom stereocenters. The minimum absolute atomic E-state index is 0.0409. The van der Waals surface area contributed by atoms with Crippen LogP contribution in [0.15, 0.2) is 85.1 Å². The van der Waals surface area contributed by atoms with Gasteiger partial charge in [-0.05, 0) is 77.0 Å². The summed E-state index contributed by atoms with van der Waals surface area (Å²) in [6.07, 6.45) is 71.9. The first-order valence-corrected chi connectivity index (χ1v) is 27.1. The summed E-state index contributed by atoms with van der Waals surface area (Å²) in [5.41, 5.74) is 0. The number of allylic oxidation sites excluding steroid dienone is 14. The topological polar surface area (TPSA) is 61.8 Å². The van der Waals surface area contributed by atoms with E-state index in [4.69, 9.17) is 14.2 Å². The number of rotatable bonds is 49. The molecular formula is C59H102O5. The van der Waals surface area contributed by atoms with Gasteiger partial charge in [0.2, 0.25) is 0 Å². The van der Waals surface area contributed by atoms with Gasteiger partial charge in [-0.25, -0.2) is 0 Å². The Hall–Kier alpha value is -2.92. The maximum Gasteiger partial charge on any atom is 0.306 e. The van der Waals surface area contributed by atoms with E-state index >= 15 is 0 Å². The average Bonchev–Trinajstić information content (AvgIpc) is 3.30. The molecule has 0 heterocycles. The van der Waals surface area contributed by atoms with E-state index in [0.717, 1.165) is 77.0 Å². The molecule has 5 heteroatoms. The first-order chi connectivity index (χ1) is 31.6. The van der Waals surface area contributed by atoms with Crippen molar-refractivity contribution in [1.29, 1.82) is 0 Å². The fraction of sp³-hybridized carbons (Fsp3) is 0.729. The fourth-order valence-corrected chi connectivity index (χ4v) is 7.40. The molecule has 1 unspecified atom stereocenters. The Balaban J connectivity index is 4.33. The number of esters is 2. The number of hydrogen-bond acceptors (Lipinski definition) is 5. The van der Waals surface area contributed by atoms with Crippen LogP contribution in [-0.4, -0.2) is 37.9 Å².